The maximum absolute atomic E-state index is 11.7. The van der Waals surface area contributed by atoms with Crippen molar-refractivity contribution in [2.45, 2.75) is 12.8 Å². The summed E-state index contributed by atoms with van der Waals surface area (Å²) in [5.74, 6) is 0.108. The number of carbonyl (C=O) groups excluding carboxylic acids is 1. The molecule has 17 heavy (non-hydrogen) atoms. The molecule has 0 saturated carbocycles. The first-order valence-electron chi connectivity index (χ1n) is 5.91. The van der Waals surface area contributed by atoms with Crippen molar-refractivity contribution in [3.63, 3.8) is 0 Å². The highest BCUT2D eigenvalue weighted by molar-refractivity contribution is 5.76. The Morgan fingerprint density at radius 3 is 2.24 bits per heavy atom. The highest BCUT2D eigenvalue weighted by Crippen LogP contribution is 1.95. The molecule has 98 valence electrons. The highest BCUT2D eigenvalue weighted by Gasteiger charge is 2.09. The van der Waals surface area contributed by atoms with Crippen molar-refractivity contribution in [3.05, 3.63) is 0 Å². The molecule has 0 aliphatic rings. The van der Waals surface area contributed by atoms with Gasteiger partial charge in [-0.3, -0.25) is 4.79 Å². The second-order valence-corrected chi connectivity index (χ2v) is 4.58. The van der Waals surface area contributed by atoms with Crippen molar-refractivity contribution < 1.29 is 4.79 Å². The molecule has 0 spiro atoms. The Hall–Kier alpha value is -1.12. The van der Waals surface area contributed by atoms with Crippen molar-refractivity contribution in [3.8, 4) is 6.07 Å². The SMILES string of the molecule is CN(C)CCN(C)CCC(=O)N(C)CCC#N. The van der Waals surface area contributed by atoms with Crippen LogP contribution < -0.4 is 0 Å². The zero-order valence-electron chi connectivity index (χ0n) is 11.4. The molecule has 0 radical (unpaired) electrons. The number of amides is 1. The second-order valence-electron chi connectivity index (χ2n) is 4.58. The lowest BCUT2D eigenvalue weighted by molar-refractivity contribution is -0.130. The van der Waals surface area contributed by atoms with Gasteiger partial charge >= 0.3 is 0 Å². The predicted octanol–water partition coefficient (Wildman–Crippen LogP) is 0.242. The van der Waals surface area contributed by atoms with Crippen LogP contribution in [0.3, 0.4) is 0 Å². The van der Waals surface area contributed by atoms with Gasteiger partial charge in [-0.15, -0.1) is 0 Å². The molecule has 0 heterocycles. The molecule has 0 aliphatic heterocycles. The lowest BCUT2D eigenvalue weighted by Crippen LogP contribution is -2.34. The van der Waals surface area contributed by atoms with Crippen LogP contribution in [0.4, 0.5) is 0 Å². The van der Waals surface area contributed by atoms with E-state index in [1.54, 1.807) is 11.9 Å². The van der Waals surface area contributed by atoms with Gasteiger partial charge in [0.2, 0.25) is 5.91 Å². The van der Waals surface area contributed by atoms with Crippen LogP contribution in [0, 0.1) is 11.3 Å². The van der Waals surface area contributed by atoms with Gasteiger partial charge in [0.1, 0.15) is 0 Å². The number of rotatable bonds is 8. The van der Waals surface area contributed by atoms with Gasteiger partial charge in [0.05, 0.1) is 12.5 Å². The minimum absolute atomic E-state index is 0.108. The number of hydrogen-bond donors (Lipinski definition) is 0. The van der Waals surface area contributed by atoms with E-state index < -0.39 is 0 Å². The molecule has 0 atom stereocenters. The van der Waals surface area contributed by atoms with Crippen molar-refractivity contribution in [1.82, 2.24) is 14.7 Å². The maximum Gasteiger partial charge on any atom is 0.223 e. The average molecular weight is 240 g/mol. The quantitative estimate of drug-likeness (QED) is 0.610. The number of nitrogens with zero attached hydrogens (tertiary/aromatic N) is 4. The lowest BCUT2D eigenvalue weighted by atomic mass is 10.3. The Balaban J connectivity index is 3.72. The van der Waals surface area contributed by atoms with Crippen LogP contribution in [0.25, 0.3) is 0 Å². The van der Waals surface area contributed by atoms with Gasteiger partial charge in [-0.05, 0) is 21.1 Å². The van der Waals surface area contributed by atoms with E-state index in [0.29, 0.717) is 19.4 Å². The van der Waals surface area contributed by atoms with Gasteiger partial charge in [-0.1, -0.05) is 0 Å². The van der Waals surface area contributed by atoms with Crippen LogP contribution in [0.15, 0.2) is 0 Å². The Bertz CT molecular complexity index is 260. The molecule has 1 amide bonds. The number of nitriles is 1. The molecule has 0 saturated heterocycles. The molecule has 5 heteroatoms. The van der Waals surface area contributed by atoms with Gasteiger partial charge in [0, 0.05) is 39.6 Å². The Morgan fingerprint density at radius 2 is 1.71 bits per heavy atom. The Kier molecular flexibility index (Phi) is 8.38. The van der Waals surface area contributed by atoms with Crippen molar-refractivity contribution in [2.24, 2.45) is 0 Å². The highest BCUT2D eigenvalue weighted by atomic mass is 16.2. The monoisotopic (exact) mass is 240 g/mol. The van der Waals surface area contributed by atoms with Crippen LogP contribution in [0.2, 0.25) is 0 Å². The summed E-state index contributed by atoms with van der Waals surface area (Å²) in [5.41, 5.74) is 0. The van der Waals surface area contributed by atoms with E-state index in [2.05, 4.69) is 9.80 Å². The molecule has 5 nitrogen and oxygen atoms in total. The summed E-state index contributed by atoms with van der Waals surface area (Å²) >= 11 is 0. The summed E-state index contributed by atoms with van der Waals surface area (Å²) in [6, 6.07) is 2.04. The Morgan fingerprint density at radius 1 is 1.06 bits per heavy atom. The van der Waals surface area contributed by atoms with Gasteiger partial charge in [-0.25, -0.2) is 0 Å². The molecule has 0 aromatic rings. The van der Waals surface area contributed by atoms with E-state index in [9.17, 15) is 4.79 Å². The summed E-state index contributed by atoms with van der Waals surface area (Å²) in [4.78, 5) is 17.6. The minimum atomic E-state index is 0.108. The van der Waals surface area contributed by atoms with E-state index in [0.717, 1.165) is 19.6 Å². The number of likely N-dealkylation sites (N-methyl/N-ethyl adjacent to an activating group) is 2. The van der Waals surface area contributed by atoms with Gasteiger partial charge in [-0.2, -0.15) is 5.26 Å². The smallest absolute Gasteiger partial charge is 0.223 e. The summed E-state index contributed by atoms with van der Waals surface area (Å²) in [6.07, 6.45) is 0.921. The fourth-order valence-corrected chi connectivity index (χ4v) is 1.30. The average Bonchev–Trinajstić information content (AvgIpc) is 2.30. The molecule has 0 aliphatic carbocycles. The fourth-order valence-electron chi connectivity index (χ4n) is 1.30. The largest absolute Gasteiger partial charge is 0.345 e. The number of hydrogen-bond acceptors (Lipinski definition) is 4. The first kappa shape index (κ1) is 15.9. The van der Waals surface area contributed by atoms with Gasteiger partial charge in [0.15, 0.2) is 0 Å². The van der Waals surface area contributed by atoms with Crippen LogP contribution >= 0.6 is 0 Å². The maximum atomic E-state index is 11.7. The van der Waals surface area contributed by atoms with E-state index in [-0.39, 0.29) is 5.91 Å². The standard InChI is InChI=1S/C12H24N4O/c1-14(2)10-11-15(3)9-6-12(17)16(4)8-5-7-13/h5-6,8-11H2,1-4H3. The predicted molar refractivity (Wildman–Crippen MR) is 68.5 cm³/mol. The number of carbonyl (C=O) groups is 1. The third kappa shape index (κ3) is 8.66. The van der Waals surface area contributed by atoms with Crippen LogP contribution in [-0.4, -0.2) is 75.0 Å². The molecule has 0 fully saturated rings. The summed E-state index contributed by atoms with van der Waals surface area (Å²) < 4.78 is 0. The third-order valence-corrected chi connectivity index (χ3v) is 2.62. The minimum Gasteiger partial charge on any atom is -0.345 e. The zero-order chi connectivity index (χ0) is 13.3. The van der Waals surface area contributed by atoms with Crippen molar-refractivity contribution >= 4 is 5.91 Å². The van der Waals surface area contributed by atoms with E-state index in [1.165, 1.54) is 0 Å². The topological polar surface area (TPSA) is 50.6 Å². The van der Waals surface area contributed by atoms with E-state index in [1.807, 2.05) is 27.2 Å². The van der Waals surface area contributed by atoms with Crippen LogP contribution in [0.5, 0.6) is 0 Å². The van der Waals surface area contributed by atoms with E-state index >= 15 is 0 Å². The molecule has 0 bridgehead atoms. The first-order valence-corrected chi connectivity index (χ1v) is 5.91. The molecule has 0 aromatic carbocycles. The molecule has 0 unspecified atom stereocenters. The Labute approximate surface area is 105 Å². The molecule has 0 rings (SSSR count). The molecular formula is C12H24N4O. The van der Waals surface area contributed by atoms with Crippen molar-refractivity contribution in [2.75, 3.05) is 54.4 Å². The molecular weight excluding hydrogens is 216 g/mol. The van der Waals surface area contributed by atoms with E-state index in [4.69, 9.17) is 5.26 Å². The molecule has 0 N–H and O–H groups in total. The van der Waals surface area contributed by atoms with Gasteiger partial charge in [0.25, 0.3) is 0 Å². The third-order valence-electron chi connectivity index (χ3n) is 2.62. The van der Waals surface area contributed by atoms with Gasteiger partial charge < -0.3 is 14.7 Å². The fraction of sp³-hybridized carbons (Fsp3) is 0.833. The lowest BCUT2D eigenvalue weighted by Gasteiger charge is -2.21. The van der Waals surface area contributed by atoms with Crippen LogP contribution in [0.1, 0.15) is 12.8 Å². The normalized spacial score (nSPS) is 10.6. The summed E-state index contributed by atoms with van der Waals surface area (Å²) in [6.45, 7) is 3.25. The summed E-state index contributed by atoms with van der Waals surface area (Å²) in [7, 11) is 7.84. The second kappa shape index (κ2) is 8.97. The zero-order valence-corrected chi connectivity index (χ0v) is 11.4. The van der Waals surface area contributed by atoms with Crippen molar-refractivity contribution in [1.29, 1.82) is 5.26 Å². The van der Waals surface area contributed by atoms with Crippen LogP contribution in [-0.2, 0) is 4.79 Å². The first-order chi connectivity index (χ1) is 7.97. The summed E-state index contributed by atoms with van der Waals surface area (Å²) in [5, 5.41) is 8.44. The molecule has 0 aromatic heterocycles.